The van der Waals surface area contributed by atoms with Gasteiger partial charge in [-0.15, -0.1) is 0 Å². The molecule has 29 heavy (non-hydrogen) atoms. The van der Waals surface area contributed by atoms with Gasteiger partial charge in [-0.3, -0.25) is 19.2 Å². The van der Waals surface area contributed by atoms with E-state index in [2.05, 4.69) is 10.6 Å². The van der Waals surface area contributed by atoms with Gasteiger partial charge in [-0.1, -0.05) is 12.1 Å². The fourth-order valence-corrected chi connectivity index (χ4v) is 2.64. The van der Waals surface area contributed by atoms with Crippen molar-refractivity contribution in [3.63, 3.8) is 0 Å². The molecule has 1 aliphatic heterocycles. The summed E-state index contributed by atoms with van der Waals surface area (Å²) in [7, 11) is 0. The average Bonchev–Trinajstić information content (AvgIpc) is 2.68. The zero-order chi connectivity index (χ0) is 21.0. The number of fused-ring (bicyclic) bond motifs is 1. The van der Waals surface area contributed by atoms with Crippen molar-refractivity contribution in [2.24, 2.45) is 5.73 Å². The Bertz CT molecular complexity index is 957. The summed E-state index contributed by atoms with van der Waals surface area (Å²) >= 11 is 0. The lowest BCUT2D eigenvalue weighted by molar-refractivity contribution is -0.155. The molecule has 1 aliphatic rings. The third kappa shape index (κ3) is 4.89. The number of primary amides is 1. The van der Waals surface area contributed by atoms with Crippen molar-refractivity contribution in [1.29, 1.82) is 0 Å². The summed E-state index contributed by atoms with van der Waals surface area (Å²) in [4.78, 5) is 47.5. The van der Waals surface area contributed by atoms with Crippen molar-refractivity contribution < 1.29 is 28.7 Å². The van der Waals surface area contributed by atoms with Crippen LogP contribution in [0, 0.1) is 0 Å². The van der Waals surface area contributed by atoms with Crippen molar-refractivity contribution in [3.05, 3.63) is 54.1 Å². The Morgan fingerprint density at radius 1 is 1.17 bits per heavy atom. The van der Waals surface area contributed by atoms with Crippen LogP contribution >= 0.6 is 0 Å². The minimum Gasteiger partial charge on any atom is -0.478 e. The van der Waals surface area contributed by atoms with E-state index in [0.717, 1.165) is 0 Å². The number of carbonyl (C=O) groups excluding carboxylic acids is 4. The number of carbonyl (C=O) groups is 4. The van der Waals surface area contributed by atoms with Gasteiger partial charge in [-0.05, 0) is 43.3 Å². The van der Waals surface area contributed by atoms with Crippen LogP contribution in [-0.4, -0.2) is 35.9 Å². The smallest absolute Gasteiger partial charge is 0.310 e. The van der Waals surface area contributed by atoms with Crippen LogP contribution in [0.4, 0.5) is 11.4 Å². The van der Waals surface area contributed by atoms with Gasteiger partial charge in [-0.25, -0.2) is 0 Å². The molecule has 1 heterocycles. The predicted octanol–water partition coefficient (Wildman–Crippen LogP) is 1.45. The van der Waals surface area contributed by atoms with Gasteiger partial charge in [0.25, 0.3) is 11.8 Å². The van der Waals surface area contributed by atoms with Gasteiger partial charge in [-0.2, -0.15) is 0 Å². The maximum absolute atomic E-state index is 12.2. The Morgan fingerprint density at radius 2 is 1.86 bits per heavy atom. The monoisotopic (exact) mass is 397 g/mol. The predicted molar refractivity (Wildman–Crippen MR) is 103 cm³/mol. The minimum atomic E-state index is -1.10. The van der Waals surface area contributed by atoms with E-state index in [-0.39, 0.29) is 6.42 Å². The highest BCUT2D eigenvalue weighted by Gasteiger charge is 2.31. The van der Waals surface area contributed by atoms with Crippen LogP contribution < -0.4 is 21.1 Å². The summed E-state index contributed by atoms with van der Waals surface area (Å²) < 4.78 is 10.6. The molecule has 0 saturated carbocycles. The molecule has 150 valence electrons. The molecule has 3 rings (SSSR count). The van der Waals surface area contributed by atoms with Crippen molar-refractivity contribution in [1.82, 2.24) is 0 Å². The molecular formula is C20H19N3O6. The second kappa shape index (κ2) is 8.42. The molecule has 0 saturated heterocycles. The molecule has 0 aromatic heterocycles. The Morgan fingerprint density at radius 3 is 2.55 bits per heavy atom. The summed E-state index contributed by atoms with van der Waals surface area (Å²) in [5.41, 5.74) is 6.40. The van der Waals surface area contributed by atoms with Gasteiger partial charge >= 0.3 is 5.97 Å². The number of rotatable bonds is 6. The molecule has 0 fully saturated rings. The number of nitrogens with two attached hydrogens (primary N) is 1. The number of benzene rings is 2. The fraction of sp³-hybridized carbons (Fsp3) is 0.200. The summed E-state index contributed by atoms with van der Waals surface area (Å²) in [5.74, 6) is -1.91. The van der Waals surface area contributed by atoms with E-state index in [0.29, 0.717) is 22.7 Å². The van der Waals surface area contributed by atoms with Crippen LogP contribution in [0.1, 0.15) is 23.7 Å². The summed E-state index contributed by atoms with van der Waals surface area (Å²) in [6.45, 7) is 1.40. The molecule has 0 bridgehead atoms. The number of para-hydroxylation sites is 2. The highest BCUT2D eigenvalue weighted by atomic mass is 16.6. The maximum atomic E-state index is 12.2. The number of hydrogen-bond acceptors (Lipinski definition) is 6. The lowest BCUT2D eigenvalue weighted by Gasteiger charge is -2.25. The number of anilines is 2. The fourth-order valence-electron chi connectivity index (χ4n) is 2.64. The topological polar surface area (TPSA) is 137 Å². The van der Waals surface area contributed by atoms with E-state index in [4.69, 9.17) is 15.2 Å². The quantitative estimate of drug-likeness (QED) is 0.631. The van der Waals surface area contributed by atoms with E-state index < -0.39 is 35.9 Å². The number of hydrogen-bond donors (Lipinski definition) is 3. The highest BCUT2D eigenvalue weighted by Crippen LogP contribution is 2.29. The van der Waals surface area contributed by atoms with Crippen LogP contribution in [0.25, 0.3) is 0 Å². The largest absolute Gasteiger partial charge is 0.478 e. The molecule has 9 heteroatoms. The molecular weight excluding hydrogens is 378 g/mol. The molecule has 3 amide bonds. The first kappa shape index (κ1) is 19.9. The normalized spacial score (nSPS) is 15.9. The lowest BCUT2D eigenvalue weighted by Crippen LogP contribution is -2.40. The van der Waals surface area contributed by atoms with Crippen LogP contribution in [0.2, 0.25) is 0 Å². The molecule has 0 aliphatic carbocycles. The minimum absolute atomic E-state index is 0.301. The standard InChI is InChI=1S/C20H19N3O6/c1-11(19(26)22-13-8-6-12(7-9-13)18(21)25)28-17(24)10-16-20(27)23-14-4-2-3-5-15(14)29-16/h2-9,11,16H,10H2,1H3,(H2,21,25)(H,22,26)(H,23,27)/t11-,16+/m1/s1. The van der Waals surface area contributed by atoms with Crippen LogP contribution in [-0.2, 0) is 19.1 Å². The van der Waals surface area contributed by atoms with Gasteiger partial charge in [0.2, 0.25) is 5.91 Å². The van der Waals surface area contributed by atoms with Crippen molar-refractivity contribution in [2.75, 3.05) is 10.6 Å². The summed E-state index contributed by atoms with van der Waals surface area (Å²) in [5, 5.41) is 5.21. The van der Waals surface area contributed by atoms with Crippen LogP contribution in [0.3, 0.4) is 0 Å². The van der Waals surface area contributed by atoms with E-state index in [1.165, 1.54) is 31.2 Å². The molecule has 2 atom stereocenters. The molecule has 4 N–H and O–H groups in total. The zero-order valence-electron chi connectivity index (χ0n) is 15.5. The Balaban J connectivity index is 1.52. The molecule has 2 aromatic carbocycles. The van der Waals surface area contributed by atoms with Crippen LogP contribution in [0.15, 0.2) is 48.5 Å². The highest BCUT2D eigenvalue weighted by molar-refractivity contribution is 6.00. The third-order valence-corrected chi connectivity index (χ3v) is 4.17. The molecule has 0 spiro atoms. The maximum Gasteiger partial charge on any atom is 0.310 e. The van der Waals surface area contributed by atoms with Gasteiger partial charge in [0.05, 0.1) is 12.1 Å². The van der Waals surface area contributed by atoms with Crippen molar-refractivity contribution in [3.8, 4) is 5.75 Å². The first-order chi connectivity index (χ1) is 13.8. The Labute approximate surface area is 166 Å². The lowest BCUT2D eigenvalue weighted by atomic mass is 10.1. The van der Waals surface area contributed by atoms with E-state index in [1.807, 2.05) is 0 Å². The molecule has 2 aromatic rings. The zero-order valence-corrected chi connectivity index (χ0v) is 15.5. The van der Waals surface area contributed by atoms with E-state index >= 15 is 0 Å². The van der Waals surface area contributed by atoms with Crippen molar-refractivity contribution in [2.45, 2.75) is 25.6 Å². The SMILES string of the molecule is C[C@@H](OC(=O)C[C@@H]1Oc2ccccc2NC1=O)C(=O)Nc1ccc(C(N)=O)cc1. The van der Waals surface area contributed by atoms with Crippen molar-refractivity contribution >= 4 is 35.1 Å². The number of nitrogens with one attached hydrogen (secondary N) is 2. The number of amides is 3. The second-order valence-corrected chi connectivity index (χ2v) is 6.36. The third-order valence-electron chi connectivity index (χ3n) is 4.17. The first-order valence-electron chi connectivity index (χ1n) is 8.80. The average molecular weight is 397 g/mol. The van der Waals surface area contributed by atoms with Gasteiger partial charge < -0.3 is 25.8 Å². The first-order valence-corrected chi connectivity index (χ1v) is 8.80. The van der Waals surface area contributed by atoms with Gasteiger partial charge in [0.15, 0.2) is 12.2 Å². The number of ether oxygens (including phenoxy) is 2. The Kier molecular flexibility index (Phi) is 5.77. The van der Waals surface area contributed by atoms with Gasteiger partial charge in [0.1, 0.15) is 5.75 Å². The number of esters is 1. The Hall–Kier alpha value is -3.88. The molecule has 0 unspecified atom stereocenters. The van der Waals surface area contributed by atoms with E-state index in [9.17, 15) is 19.2 Å². The van der Waals surface area contributed by atoms with E-state index in [1.54, 1.807) is 24.3 Å². The van der Waals surface area contributed by atoms with Gasteiger partial charge in [0, 0.05) is 11.3 Å². The summed E-state index contributed by atoms with van der Waals surface area (Å²) in [6.07, 6.45) is -2.49. The second-order valence-electron chi connectivity index (χ2n) is 6.36. The van der Waals surface area contributed by atoms with Crippen LogP contribution in [0.5, 0.6) is 5.75 Å². The summed E-state index contributed by atoms with van der Waals surface area (Å²) in [6, 6.07) is 12.8. The molecule has 0 radical (unpaired) electrons. The molecule has 9 nitrogen and oxygen atoms in total.